The second-order valence-corrected chi connectivity index (χ2v) is 8.77. The SMILES string of the molecule is COc1ccc(N2C(=S)NC(c3ccccn3)C2c2cc(C)n(-c3ccccn3)c2C)c(OC)c1. The van der Waals surface area contributed by atoms with Crippen LogP contribution in [0, 0.1) is 13.8 Å². The molecule has 5 rings (SSSR count). The molecule has 0 saturated carbocycles. The van der Waals surface area contributed by atoms with Crippen molar-refractivity contribution in [3.05, 3.63) is 95.7 Å². The third-order valence-corrected chi connectivity index (χ3v) is 6.73. The average molecular weight is 486 g/mol. The Morgan fingerprint density at radius 3 is 2.34 bits per heavy atom. The smallest absolute Gasteiger partial charge is 0.174 e. The lowest BCUT2D eigenvalue weighted by atomic mass is 9.96. The summed E-state index contributed by atoms with van der Waals surface area (Å²) in [6.45, 7) is 4.22. The third-order valence-electron chi connectivity index (χ3n) is 6.41. The van der Waals surface area contributed by atoms with Crippen molar-refractivity contribution in [1.82, 2.24) is 19.9 Å². The van der Waals surface area contributed by atoms with E-state index in [1.54, 1.807) is 14.2 Å². The molecule has 8 heteroatoms. The molecule has 1 N–H and O–H groups in total. The number of ether oxygens (including phenoxy) is 2. The number of methoxy groups -OCH3 is 2. The molecule has 178 valence electrons. The Morgan fingerprint density at radius 2 is 1.69 bits per heavy atom. The first-order chi connectivity index (χ1) is 17.0. The molecule has 0 bridgehead atoms. The van der Waals surface area contributed by atoms with Gasteiger partial charge in [-0.3, -0.25) is 4.98 Å². The van der Waals surface area contributed by atoms with Gasteiger partial charge in [0.2, 0.25) is 0 Å². The highest BCUT2D eigenvalue weighted by molar-refractivity contribution is 7.80. The first kappa shape index (κ1) is 22.9. The van der Waals surface area contributed by atoms with Gasteiger partial charge in [0.15, 0.2) is 5.11 Å². The Bertz CT molecular complexity index is 1360. The van der Waals surface area contributed by atoms with E-state index in [0.29, 0.717) is 10.9 Å². The summed E-state index contributed by atoms with van der Waals surface area (Å²) < 4.78 is 13.4. The maximum atomic E-state index is 5.90. The molecule has 1 aliphatic heterocycles. The molecule has 2 unspecified atom stereocenters. The Labute approximate surface area is 210 Å². The van der Waals surface area contributed by atoms with E-state index in [2.05, 4.69) is 44.7 Å². The lowest BCUT2D eigenvalue weighted by molar-refractivity contribution is 0.394. The monoisotopic (exact) mass is 485 g/mol. The highest BCUT2D eigenvalue weighted by Crippen LogP contribution is 2.46. The summed E-state index contributed by atoms with van der Waals surface area (Å²) in [5.74, 6) is 2.28. The van der Waals surface area contributed by atoms with Crippen LogP contribution in [0.2, 0.25) is 0 Å². The zero-order valence-corrected chi connectivity index (χ0v) is 20.9. The van der Waals surface area contributed by atoms with Gasteiger partial charge >= 0.3 is 0 Å². The number of rotatable bonds is 6. The second-order valence-electron chi connectivity index (χ2n) is 8.38. The zero-order chi connectivity index (χ0) is 24.5. The minimum atomic E-state index is -0.164. The van der Waals surface area contributed by atoms with Crippen LogP contribution in [0.5, 0.6) is 11.5 Å². The molecule has 1 aliphatic rings. The van der Waals surface area contributed by atoms with Crippen LogP contribution in [-0.2, 0) is 0 Å². The molecule has 2 atom stereocenters. The molecule has 0 amide bonds. The quantitative estimate of drug-likeness (QED) is 0.382. The molecule has 3 aromatic heterocycles. The maximum Gasteiger partial charge on any atom is 0.174 e. The molecule has 35 heavy (non-hydrogen) atoms. The largest absolute Gasteiger partial charge is 0.497 e. The van der Waals surface area contributed by atoms with Gasteiger partial charge in [0.05, 0.1) is 37.7 Å². The highest BCUT2D eigenvalue weighted by Gasteiger charge is 2.43. The second kappa shape index (κ2) is 9.38. The van der Waals surface area contributed by atoms with Crippen molar-refractivity contribution in [3.8, 4) is 17.3 Å². The molecule has 4 aromatic rings. The van der Waals surface area contributed by atoms with Gasteiger partial charge in [-0.15, -0.1) is 0 Å². The third kappa shape index (κ3) is 4.00. The molecule has 1 fully saturated rings. The van der Waals surface area contributed by atoms with Gasteiger partial charge in [-0.25, -0.2) is 4.98 Å². The molecule has 4 heterocycles. The van der Waals surface area contributed by atoms with E-state index in [-0.39, 0.29) is 12.1 Å². The first-order valence-corrected chi connectivity index (χ1v) is 11.8. The predicted molar refractivity (Wildman–Crippen MR) is 141 cm³/mol. The molecular formula is C27H27N5O2S. The summed E-state index contributed by atoms with van der Waals surface area (Å²) in [4.78, 5) is 11.4. The van der Waals surface area contributed by atoms with Crippen LogP contribution in [0.3, 0.4) is 0 Å². The molecule has 1 saturated heterocycles. The van der Waals surface area contributed by atoms with Crippen molar-refractivity contribution in [1.29, 1.82) is 0 Å². The minimum Gasteiger partial charge on any atom is -0.497 e. The van der Waals surface area contributed by atoms with Gasteiger partial charge in [-0.2, -0.15) is 0 Å². The number of thiocarbonyl (C=S) groups is 1. The van der Waals surface area contributed by atoms with Crippen LogP contribution in [-0.4, -0.2) is 33.9 Å². The highest BCUT2D eigenvalue weighted by atomic mass is 32.1. The molecule has 1 aromatic carbocycles. The summed E-state index contributed by atoms with van der Waals surface area (Å²) in [7, 11) is 3.30. The van der Waals surface area contributed by atoms with Crippen LogP contribution in [0.15, 0.2) is 73.1 Å². The Hall–Kier alpha value is -3.91. The number of aromatic nitrogens is 3. The van der Waals surface area contributed by atoms with Crippen LogP contribution >= 0.6 is 12.2 Å². The molecule has 0 spiro atoms. The normalized spacial score (nSPS) is 17.4. The van der Waals surface area contributed by atoms with Gasteiger partial charge in [-0.05, 0) is 74.1 Å². The van der Waals surface area contributed by atoms with Crippen molar-refractivity contribution < 1.29 is 9.47 Å². The fourth-order valence-electron chi connectivity index (χ4n) is 4.84. The Morgan fingerprint density at radius 1 is 0.914 bits per heavy atom. The van der Waals surface area contributed by atoms with Crippen molar-refractivity contribution >= 4 is 23.0 Å². The summed E-state index contributed by atoms with van der Waals surface area (Å²) in [5, 5.41) is 4.13. The van der Waals surface area contributed by atoms with E-state index in [0.717, 1.165) is 39.9 Å². The predicted octanol–water partition coefficient (Wildman–Crippen LogP) is 5.08. The number of hydrogen-bond donors (Lipinski definition) is 1. The number of nitrogens with zero attached hydrogens (tertiary/aromatic N) is 4. The van der Waals surface area contributed by atoms with Crippen LogP contribution < -0.4 is 19.7 Å². The number of anilines is 1. The van der Waals surface area contributed by atoms with Gasteiger partial charge in [-0.1, -0.05) is 12.1 Å². The van der Waals surface area contributed by atoms with Crippen LogP contribution in [0.4, 0.5) is 5.69 Å². The first-order valence-electron chi connectivity index (χ1n) is 11.4. The van der Waals surface area contributed by atoms with Gasteiger partial charge in [0.1, 0.15) is 17.3 Å². The van der Waals surface area contributed by atoms with E-state index >= 15 is 0 Å². The van der Waals surface area contributed by atoms with Crippen LogP contribution in [0.25, 0.3) is 5.82 Å². The zero-order valence-electron chi connectivity index (χ0n) is 20.1. The van der Waals surface area contributed by atoms with E-state index < -0.39 is 0 Å². The number of aryl methyl sites for hydroxylation is 1. The maximum absolute atomic E-state index is 5.90. The number of hydrogen-bond acceptors (Lipinski definition) is 5. The summed E-state index contributed by atoms with van der Waals surface area (Å²) in [6.07, 6.45) is 3.62. The average Bonchev–Trinajstić information content (AvgIpc) is 3.39. The van der Waals surface area contributed by atoms with Crippen molar-refractivity contribution in [3.63, 3.8) is 0 Å². The van der Waals surface area contributed by atoms with E-state index in [4.69, 9.17) is 21.7 Å². The van der Waals surface area contributed by atoms with E-state index in [1.807, 2.05) is 67.0 Å². The van der Waals surface area contributed by atoms with Crippen molar-refractivity contribution in [2.24, 2.45) is 0 Å². The van der Waals surface area contributed by atoms with Gasteiger partial charge < -0.3 is 24.3 Å². The van der Waals surface area contributed by atoms with E-state index in [9.17, 15) is 0 Å². The fourth-order valence-corrected chi connectivity index (χ4v) is 5.18. The number of pyridine rings is 2. The number of nitrogens with one attached hydrogen (secondary N) is 1. The summed E-state index contributed by atoms with van der Waals surface area (Å²) in [6, 6.07) is 19.5. The minimum absolute atomic E-state index is 0.159. The van der Waals surface area contributed by atoms with Gasteiger partial charge in [0, 0.05) is 29.8 Å². The summed E-state index contributed by atoms with van der Waals surface area (Å²) >= 11 is 5.90. The van der Waals surface area contributed by atoms with Crippen molar-refractivity contribution in [2.45, 2.75) is 25.9 Å². The summed E-state index contributed by atoms with van der Waals surface area (Å²) in [5.41, 5.74) is 5.09. The lowest BCUT2D eigenvalue weighted by Crippen LogP contribution is -2.30. The Kier molecular flexibility index (Phi) is 6.13. The Balaban J connectivity index is 1.70. The molecule has 7 nitrogen and oxygen atoms in total. The molecular weight excluding hydrogens is 458 g/mol. The number of benzene rings is 1. The van der Waals surface area contributed by atoms with Crippen molar-refractivity contribution in [2.75, 3.05) is 19.1 Å². The molecule has 0 aliphatic carbocycles. The fraction of sp³-hybridized carbons (Fsp3) is 0.222. The molecule has 0 radical (unpaired) electrons. The van der Waals surface area contributed by atoms with Gasteiger partial charge in [0.25, 0.3) is 0 Å². The topological polar surface area (TPSA) is 64.4 Å². The van der Waals surface area contributed by atoms with E-state index in [1.165, 1.54) is 0 Å². The van der Waals surface area contributed by atoms with Crippen LogP contribution in [0.1, 0.15) is 34.7 Å². The lowest BCUT2D eigenvalue weighted by Gasteiger charge is -2.29. The standard InChI is InChI=1S/C27H27N5O2S/c1-17-15-20(18(2)31(17)24-10-6-8-14-29-24)26-25(21-9-5-7-13-28-21)30-27(35)32(26)22-12-11-19(33-3)16-23(22)34-4/h5-16,25-26H,1-4H3,(H,30,35).